The molecule has 1 fully saturated rings. The number of nitrogens with zero attached hydrogens (tertiary/aromatic N) is 1. The van der Waals surface area contributed by atoms with E-state index in [4.69, 9.17) is 9.05 Å². The van der Waals surface area contributed by atoms with Gasteiger partial charge in [-0.25, -0.2) is 0 Å². The zero-order valence-electron chi connectivity index (χ0n) is 23.2. The second-order valence-electron chi connectivity index (χ2n) is 11.4. The third-order valence-electron chi connectivity index (χ3n) is 6.79. The third kappa shape index (κ3) is 19.3. The van der Waals surface area contributed by atoms with Crippen molar-refractivity contribution in [3.8, 4) is 0 Å². The first-order valence-electron chi connectivity index (χ1n) is 14.3. The average Bonchev–Trinajstić information content (AvgIpc) is 2.75. The van der Waals surface area contributed by atoms with Gasteiger partial charge in [-0.3, -0.25) is 9.36 Å². The average molecular weight is 519 g/mol. The lowest BCUT2D eigenvalue weighted by molar-refractivity contribution is -0.870. The number of phosphoric ester groups is 1. The van der Waals surface area contributed by atoms with E-state index in [2.05, 4.69) is 12.2 Å². The molecule has 8 heteroatoms. The van der Waals surface area contributed by atoms with Crippen LogP contribution < -0.4 is 10.2 Å². The van der Waals surface area contributed by atoms with E-state index in [1.807, 2.05) is 21.1 Å². The Labute approximate surface area is 215 Å². The van der Waals surface area contributed by atoms with Gasteiger partial charge in [0.2, 0.25) is 5.91 Å². The predicted molar refractivity (Wildman–Crippen MR) is 142 cm³/mol. The maximum absolute atomic E-state index is 12.3. The second-order valence-corrected chi connectivity index (χ2v) is 12.8. The Kier molecular flexibility index (Phi) is 17.4. The fourth-order valence-corrected chi connectivity index (χ4v) is 5.54. The van der Waals surface area contributed by atoms with Crippen molar-refractivity contribution in [1.82, 2.24) is 5.32 Å². The molecular formula is C27H55N2O5P. The molecule has 1 amide bonds. The predicted octanol–water partition coefficient (Wildman–Crippen LogP) is 6.10. The normalized spacial score (nSPS) is 20.5. The highest BCUT2D eigenvalue weighted by atomic mass is 31.2. The molecule has 0 radical (unpaired) electrons. The van der Waals surface area contributed by atoms with E-state index in [-0.39, 0.29) is 18.6 Å². The van der Waals surface area contributed by atoms with Crippen LogP contribution >= 0.6 is 7.82 Å². The van der Waals surface area contributed by atoms with Crippen molar-refractivity contribution in [1.29, 1.82) is 0 Å². The summed E-state index contributed by atoms with van der Waals surface area (Å²) in [6.45, 7) is 2.95. The summed E-state index contributed by atoms with van der Waals surface area (Å²) in [5.41, 5.74) is 0. The van der Waals surface area contributed by atoms with E-state index in [0.29, 0.717) is 30.3 Å². The van der Waals surface area contributed by atoms with Gasteiger partial charge in [-0.2, -0.15) is 0 Å². The largest absolute Gasteiger partial charge is 0.756 e. The standard InChI is InChI=1S/C27H55N2O5P/c1-5-6-7-8-9-10-11-12-13-14-15-16-17-21-27(30)28-25-19-18-20-26(24-25)34-35(31,32)33-23-22-29(2,3)4/h25-26H,5-24H2,1-4H3,(H-,28,30,31,32). The molecule has 1 aliphatic carbocycles. The smallest absolute Gasteiger partial charge is 0.268 e. The molecule has 0 aromatic heterocycles. The van der Waals surface area contributed by atoms with Gasteiger partial charge in [-0.05, 0) is 32.1 Å². The molecule has 0 spiro atoms. The summed E-state index contributed by atoms with van der Waals surface area (Å²) >= 11 is 0. The molecule has 1 rings (SSSR count). The Hall–Kier alpha value is -0.460. The number of carbonyl (C=O) groups is 1. The lowest BCUT2D eigenvalue weighted by Gasteiger charge is -2.34. The molecule has 0 bridgehead atoms. The van der Waals surface area contributed by atoms with E-state index in [1.165, 1.54) is 70.6 Å². The number of unbranched alkanes of at least 4 members (excludes halogenated alkanes) is 12. The van der Waals surface area contributed by atoms with Gasteiger partial charge in [0.15, 0.2) is 0 Å². The highest BCUT2D eigenvalue weighted by Gasteiger charge is 2.27. The van der Waals surface area contributed by atoms with Crippen LogP contribution in [0, 0.1) is 0 Å². The van der Waals surface area contributed by atoms with Crippen LogP contribution in [-0.4, -0.2) is 56.8 Å². The number of hydrogen-bond acceptors (Lipinski definition) is 5. The van der Waals surface area contributed by atoms with Crippen molar-refractivity contribution in [2.75, 3.05) is 34.3 Å². The van der Waals surface area contributed by atoms with Gasteiger partial charge in [0.1, 0.15) is 13.2 Å². The molecule has 7 nitrogen and oxygen atoms in total. The summed E-state index contributed by atoms with van der Waals surface area (Å²) in [6, 6.07) is -0.0190. The van der Waals surface area contributed by atoms with Crippen LogP contribution in [0.4, 0.5) is 0 Å². The van der Waals surface area contributed by atoms with Crippen LogP contribution in [0.25, 0.3) is 0 Å². The topological polar surface area (TPSA) is 87.7 Å². The number of rotatable bonds is 21. The highest BCUT2D eigenvalue weighted by molar-refractivity contribution is 7.45. The summed E-state index contributed by atoms with van der Waals surface area (Å²) in [5.74, 6) is 0.0724. The number of nitrogens with one attached hydrogen (secondary N) is 1. The quantitative estimate of drug-likeness (QED) is 0.113. The number of carbonyl (C=O) groups excluding carboxylic acids is 1. The maximum atomic E-state index is 12.3. The number of hydrogen-bond donors (Lipinski definition) is 1. The summed E-state index contributed by atoms with van der Waals surface area (Å²) in [7, 11) is 1.61. The molecule has 35 heavy (non-hydrogen) atoms. The van der Waals surface area contributed by atoms with Gasteiger partial charge in [0.25, 0.3) is 7.82 Å². The van der Waals surface area contributed by atoms with Crippen molar-refractivity contribution in [3.05, 3.63) is 0 Å². The number of likely N-dealkylation sites (N-methyl/N-ethyl adjacent to an activating group) is 1. The summed E-state index contributed by atoms with van der Waals surface area (Å²) in [6.07, 6.45) is 19.8. The molecular weight excluding hydrogens is 463 g/mol. The Bertz CT molecular complexity index is 597. The van der Waals surface area contributed by atoms with Crippen molar-refractivity contribution in [2.45, 2.75) is 135 Å². The molecule has 0 aromatic carbocycles. The van der Waals surface area contributed by atoms with Gasteiger partial charge < -0.3 is 23.7 Å². The van der Waals surface area contributed by atoms with E-state index in [1.54, 1.807) is 0 Å². The molecule has 1 saturated carbocycles. The fraction of sp³-hybridized carbons (Fsp3) is 0.963. The Morgan fingerprint density at radius 3 is 2.00 bits per heavy atom. The van der Waals surface area contributed by atoms with E-state index >= 15 is 0 Å². The van der Waals surface area contributed by atoms with Crippen LogP contribution in [0.15, 0.2) is 0 Å². The third-order valence-corrected chi connectivity index (χ3v) is 7.84. The van der Waals surface area contributed by atoms with Crippen LogP contribution in [0.2, 0.25) is 0 Å². The van der Waals surface area contributed by atoms with Crippen LogP contribution in [-0.2, 0) is 18.4 Å². The number of quaternary nitrogens is 1. The summed E-state index contributed by atoms with van der Waals surface area (Å²) < 4.78 is 23.1. The van der Waals surface area contributed by atoms with Gasteiger partial charge in [0, 0.05) is 12.5 Å². The van der Waals surface area contributed by atoms with Crippen LogP contribution in [0.5, 0.6) is 0 Å². The van der Waals surface area contributed by atoms with E-state index in [9.17, 15) is 14.3 Å². The number of amides is 1. The van der Waals surface area contributed by atoms with Crippen molar-refractivity contribution < 1.29 is 27.8 Å². The molecule has 3 atom stereocenters. The Balaban J connectivity index is 2.06. The molecule has 0 aromatic rings. The maximum Gasteiger partial charge on any atom is 0.268 e. The Morgan fingerprint density at radius 2 is 1.46 bits per heavy atom. The molecule has 0 aliphatic heterocycles. The van der Waals surface area contributed by atoms with Gasteiger partial charge in [-0.15, -0.1) is 0 Å². The van der Waals surface area contributed by atoms with Gasteiger partial charge in [0.05, 0.1) is 27.2 Å². The molecule has 208 valence electrons. The first-order valence-corrected chi connectivity index (χ1v) is 15.8. The molecule has 1 N–H and O–H groups in total. The monoisotopic (exact) mass is 518 g/mol. The Morgan fingerprint density at radius 1 is 0.914 bits per heavy atom. The minimum Gasteiger partial charge on any atom is -0.756 e. The minimum atomic E-state index is -4.32. The first kappa shape index (κ1) is 32.6. The lowest BCUT2D eigenvalue weighted by atomic mass is 9.93. The second kappa shape index (κ2) is 18.7. The van der Waals surface area contributed by atoms with E-state index in [0.717, 1.165) is 25.7 Å². The SMILES string of the molecule is CCCCCCCCCCCCCCCC(=O)NC1CCCC(OP(=O)([O-])OCC[N+](C)(C)C)C1. The molecule has 0 saturated heterocycles. The summed E-state index contributed by atoms with van der Waals surface area (Å²) in [4.78, 5) is 24.5. The molecule has 3 unspecified atom stereocenters. The van der Waals surface area contributed by atoms with Crippen LogP contribution in [0.1, 0.15) is 122 Å². The van der Waals surface area contributed by atoms with Crippen molar-refractivity contribution in [3.63, 3.8) is 0 Å². The highest BCUT2D eigenvalue weighted by Crippen LogP contribution is 2.42. The van der Waals surface area contributed by atoms with Crippen molar-refractivity contribution in [2.24, 2.45) is 0 Å². The molecule has 0 heterocycles. The lowest BCUT2D eigenvalue weighted by Crippen LogP contribution is -2.40. The van der Waals surface area contributed by atoms with Crippen molar-refractivity contribution >= 4 is 13.7 Å². The first-order chi connectivity index (χ1) is 16.6. The van der Waals surface area contributed by atoms with Gasteiger partial charge >= 0.3 is 0 Å². The zero-order chi connectivity index (χ0) is 26.0. The minimum absolute atomic E-state index is 0.0190. The summed E-state index contributed by atoms with van der Waals surface area (Å²) in [5, 5.41) is 3.09. The van der Waals surface area contributed by atoms with E-state index < -0.39 is 13.9 Å². The van der Waals surface area contributed by atoms with Crippen LogP contribution in [0.3, 0.4) is 0 Å². The zero-order valence-corrected chi connectivity index (χ0v) is 24.1. The van der Waals surface area contributed by atoms with Gasteiger partial charge in [-0.1, -0.05) is 84.0 Å². The fourth-order valence-electron chi connectivity index (χ4n) is 4.61. The number of phosphoric acid groups is 1. The molecule has 1 aliphatic rings.